The summed E-state index contributed by atoms with van der Waals surface area (Å²) in [6, 6.07) is 0. The Kier molecular flexibility index (Phi) is 4.47. The van der Waals surface area contributed by atoms with Gasteiger partial charge in [0, 0.05) is 0 Å². The molecule has 2 rings (SSSR count). The molecule has 0 heteroatoms. The lowest BCUT2D eigenvalue weighted by molar-refractivity contribution is 0.510. The third kappa shape index (κ3) is 4.48. The Labute approximate surface area is 90.5 Å². The fraction of sp³-hybridized carbons (Fsp3) is 1.00. The maximum Gasteiger partial charge on any atom is -0.0326 e. The fourth-order valence-corrected chi connectivity index (χ4v) is 2.24. The Morgan fingerprint density at radius 2 is 1.71 bits per heavy atom. The van der Waals surface area contributed by atoms with Crippen LogP contribution in [-0.4, -0.2) is 0 Å². The summed E-state index contributed by atoms with van der Waals surface area (Å²) >= 11 is 0. The van der Waals surface area contributed by atoms with E-state index in [4.69, 9.17) is 0 Å². The second-order valence-electron chi connectivity index (χ2n) is 5.82. The molecule has 0 N–H and O–H groups in total. The van der Waals surface area contributed by atoms with Gasteiger partial charge < -0.3 is 0 Å². The van der Waals surface area contributed by atoms with Crippen molar-refractivity contribution in [2.45, 2.75) is 72.6 Å². The van der Waals surface area contributed by atoms with Gasteiger partial charge in [0.15, 0.2) is 0 Å². The summed E-state index contributed by atoms with van der Waals surface area (Å²) in [6.07, 6.45) is 10.2. The van der Waals surface area contributed by atoms with Crippen LogP contribution < -0.4 is 0 Å². The molecule has 84 valence electrons. The summed E-state index contributed by atoms with van der Waals surface area (Å²) in [6.45, 7) is 9.27. The number of rotatable bonds is 4. The van der Waals surface area contributed by atoms with Crippen LogP contribution in [0.15, 0.2) is 0 Å². The third-order valence-corrected chi connectivity index (χ3v) is 3.89. The fourth-order valence-electron chi connectivity index (χ4n) is 2.24. The molecule has 2 saturated carbocycles. The standard InChI is InChI=1S/2C7H14/c1-3-4-7(2)5-6-7;1-3-4-7-5-6(7)2/h3-6H2,1-2H3;6-7H,3-5H2,1-2H3. The van der Waals surface area contributed by atoms with Gasteiger partial charge in [-0.2, -0.15) is 0 Å². The van der Waals surface area contributed by atoms with Crippen molar-refractivity contribution in [3.63, 3.8) is 0 Å². The van der Waals surface area contributed by atoms with Crippen molar-refractivity contribution in [3.05, 3.63) is 0 Å². The van der Waals surface area contributed by atoms with E-state index in [-0.39, 0.29) is 0 Å². The molecule has 0 spiro atoms. The van der Waals surface area contributed by atoms with Crippen LogP contribution in [0.3, 0.4) is 0 Å². The summed E-state index contributed by atoms with van der Waals surface area (Å²) < 4.78 is 0. The predicted molar refractivity (Wildman–Crippen MR) is 64.4 cm³/mol. The van der Waals surface area contributed by atoms with Gasteiger partial charge in [0.05, 0.1) is 0 Å². The molecule has 14 heavy (non-hydrogen) atoms. The molecule has 0 aliphatic heterocycles. The summed E-state index contributed by atoms with van der Waals surface area (Å²) in [5.41, 5.74) is 0.800. The highest BCUT2D eigenvalue weighted by molar-refractivity contribution is 4.87. The first-order valence-electron chi connectivity index (χ1n) is 6.61. The van der Waals surface area contributed by atoms with Gasteiger partial charge in [-0.3, -0.25) is 0 Å². The molecule has 0 nitrogen and oxygen atoms in total. The average Bonchev–Trinajstić information content (AvgIpc) is 2.98. The lowest BCUT2D eigenvalue weighted by atomic mass is 10.0. The van der Waals surface area contributed by atoms with Crippen molar-refractivity contribution >= 4 is 0 Å². The van der Waals surface area contributed by atoms with Crippen LogP contribution in [0, 0.1) is 17.3 Å². The van der Waals surface area contributed by atoms with E-state index in [1.807, 2.05) is 0 Å². The molecule has 2 fully saturated rings. The first-order valence-corrected chi connectivity index (χ1v) is 6.61. The number of hydrogen-bond donors (Lipinski definition) is 0. The van der Waals surface area contributed by atoms with Gasteiger partial charge in [-0.25, -0.2) is 0 Å². The largest absolute Gasteiger partial charge is 0.0654 e. The Morgan fingerprint density at radius 1 is 1.14 bits per heavy atom. The molecule has 0 heterocycles. The van der Waals surface area contributed by atoms with E-state index >= 15 is 0 Å². The van der Waals surface area contributed by atoms with Crippen molar-refractivity contribution in [2.24, 2.45) is 17.3 Å². The van der Waals surface area contributed by atoms with Crippen molar-refractivity contribution in [3.8, 4) is 0 Å². The first-order chi connectivity index (χ1) is 6.61. The van der Waals surface area contributed by atoms with E-state index in [2.05, 4.69) is 27.7 Å². The SMILES string of the molecule is CCCC1(C)CC1.CCCC1CC1C. The molecular formula is C14H28. The van der Waals surface area contributed by atoms with Crippen LogP contribution in [0.25, 0.3) is 0 Å². The van der Waals surface area contributed by atoms with Gasteiger partial charge in [-0.05, 0) is 42.9 Å². The van der Waals surface area contributed by atoms with Crippen LogP contribution in [0.1, 0.15) is 72.6 Å². The minimum absolute atomic E-state index is 0.800. The molecule has 0 aromatic carbocycles. The molecule has 0 bridgehead atoms. The van der Waals surface area contributed by atoms with E-state index < -0.39 is 0 Å². The van der Waals surface area contributed by atoms with Crippen molar-refractivity contribution in [1.29, 1.82) is 0 Å². The Balaban J connectivity index is 0.000000140. The lowest BCUT2D eigenvalue weighted by Crippen LogP contribution is -1.88. The molecule has 0 aromatic heterocycles. The van der Waals surface area contributed by atoms with E-state index in [9.17, 15) is 0 Å². The van der Waals surface area contributed by atoms with Crippen molar-refractivity contribution in [1.82, 2.24) is 0 Å². The Bertz CT molecular complexity index is 155. The average molecular weight is 196 g/mol. The molecule has 0 radical (unpaired) electrons. The highest BCUT2D eigenvalue weighted by Crippen LogP contribution is 2.48. The molecule has 2 aliphatic carbocycles. The number of hydrogen-bond acceptors (Lipinski definition) is 0. The normalized spacial score (nSPS) is 31.7. The maximum atomic E-state index is 2.39. The molecule has 0 saturated heterocycles. The second kappa shape index (κ2) is 5.19. The van der Waals surface area contributed by atoms with E-state index in [0.29, 0.717) is 0 Å². The van der Waals surface area contributed by atoms with Gasteiger partial charge in [0.2, 0.25) is 0 Å². The zero-order valence-electron chi connectivity index (χ0n) is 10.6. The third-order valence-electron chi connectivity index (χ3n) is 3.89. The zero-order chi connectivity index (χ0) is 10.6. The molecule has 2 aliphatic rings. The zero-order valence-corrected chi connectivity index (χ0v) is 10.6. The Morgan fingerprint density at radius 3 is 1.86 bits per heavy atom. The molecule has 2 atom stereocenters. The molecular weight excluding hydrogens is 168 g/mol. The van der Waals surface area contributed by atoms with Gasteiger partial charge in [0.1, 0.15) is 0 Å². The minimum Gasteiger partial charge on any atom is -0.0654 e. The van der Waals surface area contributed by atoms with Crippen molar-refractivity contribution < 1.29 is 0 Å². The summed E-state index contributed by atoms with van der Waals surface area (Å²) in [5, 5.41) is 0. The molecule has 2 unspecified atom stereocenters. The summed E-state index contributed by atoms with van der Waals surface area (Å²) in [7, 11) is 0. The van der Waals surface area contributed by atoms with E-state index in [1.165, 1.54) is 44.9 Å². The van der Waals surface area contributed by atoms with E-state index in [0.717, 1.165) is 17.3 Å². The van der Waals surface area contributed by atoms with Crippen molar-refractivity contribution in [2.75, 3.05) is 0 Å². The smallest absolute Gasteiger partial charge is 0.0326 e. The topological polar surface area (TPSA) is 0 Å². The Hall–Kier alpha value is 0. The summed E-state index contributed by atoms with van der Waals surface area (Å²) in [5.74, 6) is 2.19. The van der Waals surface area contributed by atoms with Gasteiger partial charge in [-0.15, -0.1) is 0 Å². The van der Waals surface area contributed by atoms with Crippen LogP contribution >= 0.6 is 0 Å². The maximum absolute atomic E-state index is 2.39. The van der Waals surface area contributed by atoms with Gasteiger partial charge in [-0.1, -0.05) is 47.0 Å². The summed E-state index contributed by atoms with van der Waals surface area (Å²) in [4.78, 5) is 0. The predicted octanol–water partition coefficient (Wildman–Crippen LogP) is 5.03. The lowest BCUT2D eigenvalue weighted by Gasteiger charge is -2.01. The highest BCUT2D eigenvalue weighted by Gasteiger charge is 2.35. The minimum atomic E-state index is 0.800. The van der Waals surface area contributed by atoms with Crippen LogP contribution in [0.4, 0.5) is 0 Å². The first kappa shape index (κ1) is 12.1. The van der Waals surface area contributed by atoms with Crippen LogP contribution in [-0.2, 0) is 0 Å². The van der Waals surface area contributed by atoms with Gasteiger partial charge >= 0.3 is 0 Å². The van der Waals surface area contributed by atoms with Crippen LogP contribution in [0.5, 0.6) is 0 Å². The molecule has 0 amide bonds. The quantitative estimate of drug-likeness (QED) is 0.591. The van der Waals surface area contributed by atoms with E-state index in [1.54, 1.807) is 0 Å². The van der Waals surface area contributed by atoms with Crippen LogP contribution in [0.2, 0.25) is 0 Å². The highest BCUT2D eigenvalue weighted by atomic mass is 14.4. The van der Waals surface area contributed by atoms with Gasteiger partial charge in [0.25, 0.3) is 0 Å². The second-order valence-corrected chi connectivity index (χ2v) is 5.82. The molecule has 0 aromatic rings. The monoisotopic (exact) mass is 196 g/mol.